The maximum absolute atomic E-state index is 13.7. The second-order valence-corrected chi connectivity index (χ2v) is 6.65. The molecule has 1 saturated heterocycles. The number of hydrogen-bond acceptors (Lipinski definition) is 2. The number of piperidine rings is 1. The minimum absolute atomic E-state index is 0.184. The highest BCUT2D eigenvalue weighted by Gasteiger charge is 2.29. The van der Waals surface area contributed by atoms with Crippen molar-refractivity contribution in [1.29, 1.82) is 0 Å². The van der Waals surface area contributed by atoms with Crippen LogP contribution in [0.3, 0.4) is 0 Å². The number of carbonyl (C=O) groups is 2. The van der Waals surface area contributed by atoms with Crippen molar-refractivity contribution in [2.75, 3.05) is 18.4 Å². The molecule has 0 spiro atoms. The fraction of sp³-hybridized carbons (Fsp3) is 0.263. The van der Waals surface area contributed by atoms with Crippen LogP contribution in [0.2, 0.25) is 5.02 Å². The molecule has 1 unspecified atom stereocenters. The zero-order valence-electron chi connectivity index (χ0n) is 13.8. The van der Waals surface area contributed by atoms with Gasteiger partial charge in [0.15, 0.2) is 0 Å². The lowest BCUT2D eigenvalue weighted by molar-refractivity contribution is -0.121. The first-order valence-corrected chi connectivity index (χ1v) is 8.62. The highest BCUT2D eigenvalue weighted by atomic mass is 35.5. The highest BCUT2D eigenvalue weighted by molar-refractivity contribution is 6.30. The van der Waals surface area contributed by atoms with E-state index in [4.69, 9.17) is 11.6 Å². The Kier molecular flexibility index (Phi) is 5.52. The summed E-state index contributed by atoms with van der Waals surface area (Å²) in [6.07, 6.45) is 1.23. The Hall–Kier alpha value is -2.47. The second kappa shape index (κ2) is 7.83. The molecule has 2 aromatic carbocycles. The number of nitrogens with zero attached hydrogens (tertiary/aromatic N) is 1. The van der Waals surface area contributed by atoms with E-state index in [0.29, 0.717) is 30.0 Å². The zero-order chi connectivity index (χ0) is 18.7. The number of hydrogen-bond donors (Lipinski definition) is 1. The quantitative estimate of drug-likeness (QED) is 0.873. The normalized spacial score (nSPS) is 17.0. The molecule has 136 valence electrons. The SMILES string of the molecule is O=C(Nc1cc(F)ccc1F)C1CCCN(C(=O)c2ccc(Cl)cc2)C1. The van der Waals surface area contributed by atoms with E-state index in [-0.39, 0.29) is 18.1 Å². The van der Waals surface area contributed by atoms with Crippen LogP contribution < -0.4 is 5.32 Å². The third kappa shape index (κ3) is 4.19. The van der Waals surface area contributed by atoms with Crippen molar-refractivity contribution in [2.45, 2.75) is 12.8 Å². The summed E-state index contributed by atoms with van der Waals surface area (Å²) in [5.74, 6) is -2.43. The van der Waals surface area contributed by atoms with Crippen molar-refractivity contribution in [1.82, 2.24) is 4.90 Å². The van der Waals surface area contributed by atoms with Gasteiger partial charge in [0, 0.05) is 29.7 Å². The van der Waals surface area contributed by atoms with E-state index in [1.54, 1.807) is 29.2 Å². The lowest BCUT2D eigenvalue weighted by Crippen LogP contribution is -2.43. The van der Waals surface area contributed by atoms with E-state index in [1.165, 1.54) is 0 Å². The molecule has 1 fully saturated rings. The van der Waals surface area contributed by atoms with Gasteiger partial charge in [0.25, 0.3) is 5.91 Å². The first-order chi connectivity index (χ1) is 12.4. The van der Waals surface area contributed by atoms with Gasteiger partial charge in [-0.15, -0.1) is 0 Å². The molecule has 26 heavy (non-hydrogen) atoms. The van der Waals surface area contributed by atoms with Gasteiger partial charge in [-0.2, -0.15) is 0 Å². The molecule has 0 radical (unpaired) electrons. The minimum Gasteiger partial charge on any atom is -0.338 e. The largest absolute Gasteiger partial charge is 0.338 e. The zero-order valence-corrected chi connectivity index (χ0v) is 14.6. The smallest absolute Gasteiger partial charge is 0.253 e. The van der Waals surface area contributed by atoms with Crippen LogP contribution in [0.4, 0.5) is 14.5 Å². The molecule has 0 aliphatic carbocycles. The van der Waals surface area contributed by atoms with Gasteiger partial charge in [0.05, 0.1) is 11.6 Å². The molecule has 1 aliphatic heterocycles. The van der Waals surface area contributed by atoms with Crippen LogP contribution in [0, 0.1) is 17.6 Å². The Morgan fingerprint density at radius 1 is 1.12 bits per heavy atom. The molecule has 2 amide bonds. The number of nitrogens with one attached hydrogen (secondary N) is 1. The summed E-state index contributed by atoms with van der Waals surface area (Å²) < 4.78 is 26.9. The summed E-state index contributed by atoms with van der Waals surface area (Å²) in [4.78, 5) is 26.6. The van der Waals surface area contributed by atoms with E-state index in [2.05, 4.69) is 5.32 Å². The molecule has 1 N–H and O–H groups in total. The fourth-order valence-corrected chi connectivity index (χ4v) is 3.10. The van der Waals surface area contributed by atoms with E-state index in [1.807, 2.05) is 0 Å². The number of rotatable bonds is 3. The molecule has 3 rings (SSSR count). The van der Waals surface area contributed by atoms with Gasteiger partial charge in [-0.25, -0.2) is 8.78 Å². The fourth-order valence-electron chi connectivity index (χ4n) is 2.98. The minimum atomic E-state index is -0.704. The molecule has 2 aromatic rings. The first kappa shape index (κ1) is 18.3. The Morgan fingerprint density at radius 2 is 1.85 bits per heavy atom. The molecule has 1 aliphatic rings. The maximum Gasteiger partial charge on any atom is 0.253 e. The Labute approximate surface area is 154 Å². The number of anilines is 1. The van der Waals surface area contributed by atoms with Crippen LogP contribution >= 0.6 is 11.6 Å². The lowest BCUT2D eigenvalue weighted by Gasteiger charge is -2.32. The molecule has 4 nitrogen and oxygen atoms in total. The summed E-state index contributed by atoms with van der Waals surface area (Å²) in [7, 11) is 0. The second-order valence-electron chi connectivity index (χ2n) is 6.21. The summed E-state index contributed by atoms with van der Waals surface area (Å²) in [6.45, 7) is 0.768. The number of likely N-dealkylation sites (tertiary alicyclic amines) is 1. The maximum atomic E-state index is 13.7. The van der Waals surface area contributed by atoms with Gasteiger partial charge in [-0.05, 0) is 49.2 Å². The first-order valence-electron chi connectivity index (χ1n) is 8.25. The van der Waals surface area contributed by atoms with Crippen molar-refractivity contribution < 1.29 is 18.4 Å². The van der Waals surface area contributed by atoms with E-state index in [0.717, 1.165) is 18.2 Å². The average molecular weight is 379 g/mol. The Bertz CT molecular complexity index is 827. The predicted molar refractivity (Wildman–Crippen MR) is 95.1 cm³/mol. The Balaban J connectivity index is 1.67. The van der Waals surface area contributed by atoms with E-state index >= 15 is 0 Å². The molecule has 0 bridgehead atoms. The number of halogens is 3. The predicted octanol–water partition coefficient (Wildman–Crippen LogP) is 4.11. The van der Waals surface area contributed by atoms with Crippen molar-refractivity contribution in [2.24, 2.45) is 5.92 Å². The van der Waals surface area contributed by atoms with E-state index < -0.39 is 23.5 Å². The van der Waals surface area contributed by atoms with E-state index in [9.17, 15) is 18.4 Å². The molecule has 7 heteroatoms. The standard InChI is InChI=1S/C19H17ClF2N2O2/c20-14-5-3-12(4-6-14)19(26)24-9-1-2-13(11-24)18(25)23-17-10-15(21)7-8-16(17)22/h3-8,10,13H,1-2,9,11H2,(H,23,25). The molecule has 0 aromatic heterocycles. The van der Waals surface area contributed by atoms with Gasteiger partial charge in [0.1, 0.15) is 11.6 Å². The molecular formula is C19H17ClF2N2O2. The summed E-state index contributed by atoms with van der Waals surface area (Å²) in [5.41, 5.74) is 0.294. The van der Waals surface area contributed by atoms with Crippen LogP contribution in [-0.4, -0.2) is 29.8 Å². The lowest BCUT2D eigenvalue weighted by atomic mass is 9.96. The van der Waals surface area contributed by atoms with Gasteiger partial charge >= 0.3 is 0 Å². The summed E-state index contributed by atoms with van der Waals surface area (Å²) in [5, 5.41) is 2.95. The number of amides is 2. The van der Waals surface area contributed by atoms with Crippen molar-refractivity contribution >= 4 is 29.1 Å². The van der Waals surface area contributed by atoms with Crippen LogP contribution in [0.1, 0.15) is 23.2 Å². The van der Waals surface area contributed by atoms with Gasteiger partial charge in [-0.1, -0.05) is 11.6 Å². The van der Waals surface area contributed by atoms with Crippen molar-refractivity contribution in [3.63, 3.8) is 0 Å². The van der Waals surface area contributed by atoms with Crippen LogP contribution in [0.25, 0.3) is 0 Å². The van der Waals surface area contributed by atoms with Crippen molar-refractivity contribution in [3.05, 3.63) is 64.7 Å². The average Bonchev–Trinajstić information content (AvgIpc) is 2.65. The Morgan fingerprint density at radius 3 is 2.58 bits per heavy atom. The summed E-state index contributed by atoms with van der Waals surface area (Å²) >= 11 is 5.83. The molecule has 1 atom stereocenters. The van der Waals surface area contributed by atoms with Crippen LogP contribution in [-0.2, 0) is 4.79 Å². The highest BCUT2D eigenvalue weighted by Crippen LogP contribution is 2.22. The van der Waals surface area contributed by atoms with Gasteiger partial charge in [0.2, 0.25) is 5.91 Å². The summed E-state index contributed by atoms with van der Waals surface area (Å²) in [6, 6.07) is 9.42. The molecule has 1 heterocycles. The number of benzene rings is 2. The third-order valence-corrected chi connectivity index (χ3v) is 4.61. The van der Waals surface area contributed by atoms with Crippen LogP contribution in [0.5, 0.6) is 0 Å². The third-order valence-electron chi connectivity index (χ3n) is 4.36. The topological polar surface area (TPSA) is 49.4 Å². The molecule has 0 saturated carbocycles. The van der Waals surface area contributed by atoms with Crippen LogP contribution in [0.15, 0.2) is 42.5 Å². The number of carbonyl (C=O) groups excluding carboxylic acids is 2. The molecular weight excluding hydrogens is 362 g/mol. The van der Waals surface area contributed by atoms with Gasteiger partial charge < -0.3 is 10.2 Å². The van der Waals surface area contributed by atoms with Gasteiger partial charge in [-0.3, -0.25) is 9.59 Å². The van der Waals surface area contributed by atoms with Crippen molar-refractivity contribution in [3.8, 4) is 0 Å². The monoisotopic (exact) mass is 378 g/mol.